The summed E-state index contributed by atoms with van der Waals surface area (Å²) in [5.74, 6) is 0.341. The van der Waals surface area contributed by atoms with Crippen molar-refractivity contribution in [1.82, 2.24) is 5.32 Å². The fourth-order valence-electron chi connectivity index (χ4n) is 2.97. The van der Waals surface area contributed by atoms with E-state index in [1.54, 1.807) is 12.1 Å². The number of fused-ring (bicyclic) bond motifs is 2. The predicted octanol–water partition coefficient (Wildman–Crippen LogP) is 1.25. The van der Waals surface area contributed by atoms with Crippen LogP contribution in [0, 0.1) is 17.7 Å². The molecule has 1 aliphatic carbocycles. The second-order valence-electron chi connectivity index (χ2n) is 4.62. The van der Waals surface area contributed by atoms with Crippen molar-refractivity contribution < 1.29 is 9.50 Å². The molecule has 2 atom stereocenters. The zero-order valence-electron chi connectivity index (χ0n) is 8.41. The van der Waals surface area contributed by atoms with Crippen LogP contribution in [-0.4, -0.2) is 18.2 Å². The minimum atomic E-state index is -0.709. The lowest BCUT2D eigenvalue weighted by Gasteiger charge is -2.56. The molecule has 0 aromatic heterocycles. The highest BCUT2D eigenvalue weighted by Crippen LogP contribution is 2.52. The topological polar surface area (TPSA) is 32.3 Å². The first-order chi connectivity index (χ1) is 7.21. The standard InChI is InChI=1S/C12H14FNO/c13-11-3-1-8(2-4-11)12(15)9-5-10(12)7-14-6-9/h1-4,9-10,14-15H,5-7H2. The van der Waals surface area contributed by atoms with Gasteiger partial charge < -0.3 is 10.4 Å². The second kappa shape index (κ2) is 3.03. The van der Waals surface area contributed by atoms with E-state index in [2.05, 4.69) is 5.32 Å². The maximum Gasteiger partial charge on any atom is 0.123 e. The molecule has 2 unspecified atom stereocenters. The number of halogens is 1. The molecule has 1 aromatic rings. The minimum absolute atomic E-state index is 0.245. The Kier molecular flexibility index (Phi) is 1.88. The molecule has 0 radical (unpaired) electrons. The van der Waals surface area contributed by atoms with Gasteiger partial charge in [-0.3, -0.25) is 0 Å². The Labute approximate surface area is 88.1 Å². The van der Waals surface area contributed by atoms with E-state index in [1.165, 1.54) is 12.1 Å². The van der Waals surface area contributed by atoms with Crippen molar-refractivity contribution in [1.29, 1.82) is 0 Å². The zero-order valence-corrected chi connectivity index (χ0v) is 8.41. The third kappa shape index (κ3) is 1.17. The van der Waals surface area contributed by atoms with E-state index in [0.717, 1.165) is 25.1 Å². The van der Waals surface area contributed by atoms with Crippen LogP contribution < -0.4 is 5.32 Å². The smallest absolute Gasteiger partial charge is 0.123 e. The van der Waals surface area contributed by atoms with Crippen molar-refractivity contribution in [3.05, 3.63) is 35.6 Å². The van der Waals surface area contributed by atoms with Gasteiger partial charge in [0.05, 0.1) is 5.60 Å². The van der Waals surface area contributed by atoms with Crippen LogP contribution in [0.25, 0.3) is 0 Å². The van der Waals surface area contributed by atoms with Gasteiger partial charge in [-0.25, -0.2) is 4.39 Å². The molecule has 1 heterocycles. The van der Waals surface area contributed by atoms with E-state index in [9.17, 15) is 9.50 Å². The molecule has 1 aliphatic heterocycles. The molecule has 0 spiro atoms. The van der Waals surface area contributed by atoms with Gasteiger partial charge in [0.15, 0.2) is 0 Å². The fraction of sp³-hybridized carbons (Fsp3) is 0.500. The summed E-state index contributed by atoms with van der Waals surface area (Å²) < 4.78 is 12.8. The van der Waals surface area contributed by atoms with Gasteiger partial charge in [-0.05, 0) is 24.1 Å². The first-order valence-electron chi connectivity index (χ1n) is 5.40. The van der Waals surface area contributed by atoms with Gasteiger partial charge >= 0.3 is 0 Å². The van der Waals surface area contributed by atoms with Crippen molar-refractivity contribution in [3.8, 4) is 0 Å². The summed E-state index contributed by atoms with van der Waals surface area (Å²) in [7, 11) is 0. The van der Waals surface area contributed by atoms with E-state index < -0.39 is 5.60 Å². The highest BCUT2D eigenvalue weighted by Gasteiger charge is 2.56. The van der Waals surface area contributed by atoms with Gasteiger partial charge in [0.2, 0.25) is 0 Å². The van der Waals surface area contributed by atoms with Crippen LogP contribution in [0.1, 0.15) is 12.0 Å². The monoisotopic (exact) mass is 207 g/mol. The van der Waals surface area contributed by atoms with Crippen LogP contribution in [0.2, 0.25) is 0 Å². The Morgan fingerprint density at radius 3 is 2.33 bits per heavy atom. The molecular formula is C12H14FNO. The summed E-state index contributed by atoms with van der Waals surface area (Å²) in [6.45, 7) is 1.73. The summed E-state index contributed by atoms with van der Waals surface area (Å²) in [6, 6.07) is 6.27. The second-order valence-corrected chi connectivity index (χ2v) is 4.62. The lowest BCUT2D eigenvalue weighted by atomic mass is 9.56. The van der Waals surface area contributed by atoms with Gasteiger partial charge in [-0.1, -0.05) is 12.1 Å². The summed E-state index contributed by atoms with van der Waals surface area (Å²) in [5, 5.41) is 13.9. The normalized spacial score (nSPS) is 38.5. The molecule has 2 nitrogen and oxygen atoms in total. The van der Waals surface area contributed by atoms with E-state index in [1.807, 2.05) is 0 Å². The molecular weight excluding hydrogens is 193 g/mol. The third-order valence-electron chi connectivity index (χ3n) is 3.90. The predicted molar refractivity (Wildman–Crippen MR) is 54.8 cm³/mol. The minimum Gasteiger partial charge on any atom is -0.384 e. The van der Waals surface area contributed by atoms with Crippen LogP contribution >= 0.6 is 0 Å². The highest BCUT2D eigenvalue weighted by molar-refractivity contribution is 5.29. The molecule has 2 fully saturated rings. The van der Waals surface area contributed by atoms with E-state index in [0.29, 0.717) is 11.8 Å². The maximum absolute atomic E-state index is 12.8. The lowest BCUT2D eigenvalue weighted by molar-refractivity contribution is -0.175. The number of rotatable bonds is 1. The average Bonchev–Trinajstić information content (AvgIpc) is 2.30. The molecule has 2 bridgehead atoms. The molecule has 2 aliphatic rings. The van der Waals surface area contributed by atoms with E-state index in [-0.39, 0.29) is 5.82 Å². The molecule has 0 amide bonds. The highest BCUT2D eigenvalue weighted by atomic mass is 19.1. The summed E-state index contributed by atoms with van der Waals surface area (Å²) in [6.07, 6.45) is 1.08. The van der Waals surface area contributed by atoms with Crippen molar-refractivity contribution in [2.75, 3.05) is 13.1 Å². The number of benzene rings is 1. The first kappa shape index (κ1) is 9.31. The number of hydrogen-bond donors (Lipinski definition) is 2. The summed E-state index contributed by atoms with van der Waals surface area (Å²) in [5.41, 5.74) is 0.158. The largest absolute Gasteiger partial charge is 0.384 e. The molecule has 3 rings (SSSR count). The number of hydrogen-bond acceptors (Lipinski definition) is 2. The van der Waals surface area contributed by atoms with Crippen molar-refractivity contribution >= 4 is 0 Å². The van der Waals surface area contributed by atoms with Crippen molar-refractivity contribution in [2.24, 2.45) is 11.8 Å². The van der Waals surface area contributed by atoms with Crippen molar-refractivity contribution in [3.63, 3.8) is 0 Å². The van der Waals surface area contributed by atoms with Gasteiger partial charge in [0.25, 0.3) is 0 Å². The number of aliphatic hydroxyl groups is 1. The van der Waals surface area contributed by atoms with Crippen LogP contribution in [0.3, 0.4) is 0 Å². The Bertz CT molecular complexity index is 362. The quantitative estimate of drug-likeness (QED) is 0.726. The zero-order chi connectivity index (χ0) is 10.5. The third-order valence-corrected chi connectivity index (χ3v) is 3.90. The molecule has 1 saturated carbocycles. The van der Waals surface area contributed by atoms with Gasteiger partial charge in [-0.2, -0.15) is 0 Å². The average molecular weight is 207 g/mol. The van der Waals surface area contributed by atoms with Crippen LogP contribution in [0.15, 0.2) is 24.3 Å². The Hall–Kier alpha value is -0.930. The lowest BCUT2D eigenvalue weighted by Crippen LogP contribution is -2.63. The Morgan fingerprint density at radius 1 is 1.20 bits per heavy atom. The van der Waals surface area contributed by atoms with Gasteiger partial charge in [-0.15, -0.1) is 0 Å². The van der Waals surface area contributed by atoms with Crippen LogP contribution in [0.4, 0.5) is 4.39 Å². The molecule has 3 heteroatoms. The molecule has 80 valence electrons. The Morgan fingerprint density at radius 2 is 1.80 bits per heavy atom. The molecule has 15 heavy (non-hydrogen) atoms. The van der Waals surface area contributed by atoms with E-state index in [4.69, 9.17) is 0 Å². The van der Waals surface area contributed by atoms with Gasteiger partial charge in [0, 0.05) is 24.9 Å². The van der Waals surface area contributed by atoms with Crippen LogP contribution in [0.5, 0.6) is 0 Å². The maximum atomic E-state index is 12.8. The van der Waals surface area contributed by atoms with Crippen LogP contribution in [-0.2, 0) is 5.60 Å². The van der Waals surface area contributed by atoms with E-state index >= 15 is 0 Å². The summed E-state index contributed by atoms with van der Waals surface area (Å²) in [4.78, 5) is 0. The molecule has 1 saturated heterocycles. The summed E-state index contributed by atoms with van der Waals surface area (Å²) >= 11 is 0. The Balaban J connectivity index is 1.96. The molecule has 2 N–H and O–H groups in total. The fourth-order valence-corrected chi connectivity index (χ4v) is 2.97. The molecule has 1 aromatic carbocycles. The van der Waals surface area contributed by atoms with Crippen molar-refractivity contribution in [2.45, 2.75) is 12.0 Å². The first-order valence-corrected chi connectivity index (χ1v) is 5.40. The number of nitrogens with one attached hydrogen (secondary N) is 1. The number of piperidine rings is 2. The SMILES string of the molecule is OC1(c2ccc(F)cc2)C2CNCC1C2. The van der Waals surface area contributed by atoms with Gasteiger partial charge in [0.1, 0.15) is 5.82 Å².